The SMILES string of the molecule is CC(C)C1CNC2(CCCCC2)CN1C(C)CCN(C)C. The highest BCUT2D eigenvalue weighted by molar-refractivity contribution is 5.01. The Labute approximate surface area is 132 Å². The molecule has 21 heavy (non-hydrogen) atoms. The minimum Gasteiger partial charge on any atom is -0.309 e. The molecule has 0 radical (unpaired) electrons. The molecule has 1 saturated carbocycles. The van der Waals surface area contributed by atoms with Gasteiger partial charge in [0.05, 0.1) is 0 Å². The van der Waals surface area contributed by atoms with Crippen LogP contribution in [0, 0.1) is 5.92 Å². The lowest BCUT2D eigenvalue weighted by Gasteiger charge is -2.53. The average Bonchev–Trinajstić information content (AvgIpc) is 2.45. The van der Waals surface area contributed by atoms with Gasteiger partial charge in [-0.25, -0.2) is 0 Å². The number of nitrogens with zero attached hydrogens (tertiary/aromatic N) is 2. The molecule has 1 saturated heterocycles. The van der Waals surface area contributed by atoms with Crippen molar-refractivity contribution in [3.63, 3.8) is 0 Å². The first-order chi connectivity index (χ1) is 9.93. The summed E-state index contributed by atoms with van der Waals surface area (Å²) in [6.45, 7) is 10.9. The molecule has 1 N–H and O–H groups in total. The maximum absolute atomic E-state index is 3.96. The Morgan fingerprint density at radius 2 is 1.81 bits per heavy atom. The summed E-state index contributed by atoms with van der Waals surface area (Å²) in [6.07, 6.45) is 8.32. The quantitative estimate of drug-likeness (QED) is 0.841. The molecule has 3 heteroatoms. The zero-order chi connectivity index (χ0) is 15.5. The molecule has 2 fully saturated rings. The molecule has 0 aromatic heterocycles. The van der Waals surface area contributed by atoms with Crippen LogP contribution in [0.5, 0.6) is 0 Å². The van der Waals surface area contributed by atoms with Gasteiger partial charge in [-0.2, -0.15) is 0 Å². The molecule has 1 aliphatic carbocycles. The second-order valence-electron chi connectivity index (χ2n) is 8.15. The van der Waals surface area contributed by atoms with Crippen molar-refractivity contribution in [2.24, 2.45) is 5.92 Å². The van der Waals surface area contributed by atoms with Crippen LogP contribution < -0.4 is 5.32 Å². The molecule has 1 heterocycles. The minimum atomic E-state index is 0.427. The number of hydrogen-bond acceptors (Lipinski definition) is 3. The lowest BCUT2D eigenvalue weighted by Crippen LogP contribution is -2.67. The third kappa shape index (κ3) is 4.43. The van der Waals surface area contributed by atoms with Crippen LogP contribution in [0.1, 0.15) is 59.3 Å². The van der Waals surface area contributed by atoms with Crippen molar-refractivity contribution in [3.8, 4) is 0 Å². The van der Waals surface area contributed by atoms with Gasteiger partial charge in [-0.1, -0.05) is 33.1 Å². The molecule has 3 nitrogen and oxygen atoms in total. The Morgan fingerprint density at radius 1 is 1.14 bits per heavy atom. The van der Waals surface area contributed by atoms with Crippen molar-refractivity contribution in [1.82, 2.24) is 15.1 Å². The van der Waals surface area contributed by atoms with Crippen molar-refractivity contribution in [2.75, 3.05) is 33.7 Å². The van der Waals surface area contributed by atoms with Crippen molar-refractivity contribution in [3.05, 3.63) is 0 Å². The van der Waals surface area contributed by atoms with Crippen LogP contribution in [0.15, 0.2) is 0 Å². The van der Waals surface area contributed by atoms with E-state index in [9.17, 15) is 0 Å². The van der Waals surface area contributed by atoms with Gasteiger partial charge in [-0.3, -0.25) is 4.90 Å². The lowest BCUT2D eigenvalue weighted by molar-refractivity contribution is 0.00715. The normalized spacial score (nSPS) is 28.4. The van der Waals surface area contributed by atoms with Gasteiger partial charge < -0.3 is 10.2 Å². The second-order valence-corrected chi connectivity index (χ2v) is 8.15. The third-order valence-corrected chi connectivity index (χ3v) is 5.74. The Kier molecular flexibility index (Phi) is 6.10. The molecule has 0 aromatic rings. The van der Waals surface area contributed by atoms with Gasteiger partial charge in [-0.15, -0.1) is 0 Å². The molecule has 1 aliphatic heterocycles. The summed E-state index contributed by atoms with van der Waals surface area (Å²) in [5.41, 5.74) is 0.427. The van der Waals surface area contributed by atoms with Crippen LogP contribution in [0.3, 0.4) is 0 Å². The van der Waals surface area contributed by atoms with E-state index in [-0.39, 0.29) is 0 Å². The van der Waals surface area contributed by atoms with E-state index in [1.807, 2.05) is 0 Å². The van der Waals surface area contributed by atoms with Crippen molar-refractivity contribution in [1.29, 1.82) is 0 Å². The van der Waals surface area contributed by atoms with Gasteiger partial charge >= 0.3 is 0 Å². The molecule has 1 spiro atoms. The fraction of sp³-hybridized carbons (Fsp3) is 1.00. The predicted octanol–water partition coefficient (Wildman–Crippen LogP) is 2.96. The Bertz CT molecular complexity index is 308. The molecule has 0 aromatic carbocycles. The van der Waals surface area contributed by atoms with E-state index in [0.29, 0.717) is 17.6 Å². The van der Waals surface area contributed by atoms with Gasteiger partial charge in [-0.05, 0) is 52.7 Å². The lowest BCUT2D eigenvalue weighted by atomic mass is 9.78. The largest absolute Gasteiger partial charge is 0.309 e. The highest BCUT2D eigenvalue weighted by Gasteiger charge is 2.41. The second kappa shape index (κ2) is 7.43. The van der Waals surface area contributed by atoms with E-state index in [2.05, 4.69) is 50.0 Å². The molecular formula is C18H37N3. The van der Waals surface area contributed by atoms with Gasteiger partial charge in [0.2, 0.25) is 0 Å². The molecular weight excluding hydrogens is 258 g/mol. The number of piperazine rings is 1. The highest BCUT2D eigenvalue weighted by atomic mass is 15.3. The topological polar surface area (TPSA) is 18.5 Å². The van der Waals surface area contributed by atoms with Crippen LogP contribution in [0.4, 0.5) is 0 Å². The highest BCUT2D eigenvalue weighted by Crippen LogP contribution is 2.34. The maximum Gasteiger partial charge on any atom is 0.0309 e. The Morgan fingerprint density at radius 3 is 2.38 bits per heavy atom. The van der Waals surface area contributed by atoms with Crippen LogP contribution >= 0.6 is 0 Å². The van der Waals surface area contributed by atoms with Crippen LogP contribution in [0.25, 0.3) is 0 Å². The summed E-state index contributed by atoms with van der Waals surface area (Å²) < 4.78 is 0. The standard InChI is InChI=1S/C18H37N3/c1-15(2)17-13-19-18(10-7-6-8-11-18)14-21(17)16(3)9-12-20(4)5/h15-17,19H,6-14H2,1-5H3. The van der Waals surface area contributed by atoms with Crippen LogP contribution in [-0.2, 0) is 0 Å². The monoisotopic (exact) mass is 295 g/mol. The smallest absolute Gasteiger partial charge is 0.0309 e. The molecule has 2 aliphatic rings. The molecule has 2 rings (SSSR count). The zero-order valence-corrected chi connectivity index (χ0v) is 15.0. The molecule has 0 bridgehead atoms. The Balaban J connectivity index is 2.03. The van der Waals surface area contributed by atoms with Crippen molar-refractivity contribution < 1.29 is 0 Å². The van der Waals surface area contributed by atoms with E-state index in [4.69, 9.17) is 0 Å². The average molecular weight is 296 g/mol. The van der Waals surface area contributed by atoms with E-state index >= 15 is 0 Å². The van der Waals surface area contributed by atoms with Crippen molar-refractivity contribution in [2.45, 2.75) is 76.9 Å². The zero-order valence-electron chi connectivity index (χ0n) is 15.0. The molecule has 124 valence electrons. The fourth-order valence-corrected chi connectivity index (χ4v) is 4.24. The van der Waals surface area contributed by atoms with Crippen LogP contribution in [-0.4, -0.2) is 61.2 Å². The summed E-state index contributed by atoms with van der Waals surface area (Å²) in [5.74, 6) is 0.736. The van der Waals surface area contributed by atoms with E-state index in [1.165, 1.54) is 58.2 Å². The molecule has 2 unspecified atom stereocenters. The maximum atomic E-state index is 3.96. The minimum absolute atomic E-state index is 0.427. The molecule has 0 amide bonds. The van der Waals surface area contributed by atoms with Gasteiger partial charge in [0.15, 0.2) is 0 Å². The number of rotatable bonds is 5. The van der Waals surface area contributed by atoms with Gasteiger partial charge in [0, 0.05) is 30.7 Å². The van der Waals surface area contributed by atoms with Gasteiger partial charge in [0.1, 0.15) is 0 Å². The summed E-state index contributed by atoms with van der Waals surface area (Å²) in [5, 5.41) is 3.96. The first kappa shape index (κ1) is 17.2. The van der Waals surface area contributed by atoms with Crippen LogP contribution in [0.2, 0.25) is 0 Å². The molecule has 2 atom stereocenters. The third-order valence-electron chi connectivity index (χ3n) is 5.74. The Hall–Kier alpha value is -0.120. The predicted molar refractivity (Wildman–Crippen MR) is 91.8 cm³/mol. The summed E-state index contributed by atoms with van der Waals surface area (Å²) in [7, 11) is 4.38. The summed E-state index contributed by atoms with van der Waals surface area (Å²) in [4.78, 5) is 5.16. The number of hydrogen-bond donors (Lipinski definition) is 1. The first-order valence-electron chi connectivity index (χ1n) is 9.09. The summed E-state index contributed by atoms with van der Waals surface area (Å²) in [6, 6.07) is 1.40. The number of nitrogens with one attached hydrogen (secondary N) is 1. The van der Waals surface area contributed by atoms with Gasteiger partial charge in [0.25, 0.3) is 0 Å². The summed E-state index contributed by atoms with van der Waals surface area (Å²) >= 11 is 0. The van der Waals surface area contributed by atoms with E-state index in [0.717, 1.165) is 5.92 Å². The fourth-order valence-electron chi connectivity index (χ4n) is 4.24. The van der Waals surface area contributed by atoms with E-state index < -0.39 is 0 Å². The first-order valence-corrected chi connectivity index (χ1v) is 9.09. The van der Waals surface area contributed by atoms with E-state index in [1.54, 1.807) is 0 Å². The van der Waals surface area contributed by atoms with Crippen molar-refractivity contribution >= 4 is 0 Å².